The summed E-state index contributed by atoms with van der Waals surface area (Å²) in [7, 11) is 0. The van der Waals surface area contributed by atoms with Gasteiger partial charge in [0.25, 0.3) is 5.91 Å². The standard InChI is InChI=1S/C23H34N2O2/c1-19(2)9-15-24-14-6-10-22(13-16-24)17-25(18-23(27-22)11-12-23)21(26)20-7-4-3-5-8-20/h3-5,7-8,19H,6,9-18H2,1-2H3/t22-/m0/s1. The third-order valence-electron chi connectivity index (χ3n) is 6.52. The summed E-state index contributed by atoms with van der Waals surface area (Å²) < 4.78 is 6.76. The van der Waals surface area contributed by atoms with Gasteiger partial charge in [0.2, 0.25) is 0 Å². The van der Waals surface area contributed by atoms with Crippen LogP contribution < -0.4 is 0 Å². The molecular formula is C23H34N2O2. The maximum absolute atomic E-state index is 13.1. The summed E-state index contributed by atoms with van der Waals surface area (Å²) in [6, 6.07) is 9.75. The molecule has 27 heavy (non-hydrogen) atoms. The number of ether oxygens (including phenoxy) is 1. The van der Waals surface area contributed by atoms with Crippen molar-refractivity contribution in [2.45, 2.75) is 63.6 Å². The van der Waals surface area contributed by atoms with E-state index in [4.69, 9.17) is 4.74 Å². The van der Waals surface area contributed by atoms with Crippen molar-refractivity contribution in [2.75, 3.05) is 32.7 Å². The number of carbonyl (C=O) groups is 1. The lowest BCUT2D eigenvalue weighted by Crippen LogP contribution is -2.58. The van der Waals surface area contributed by atoms with Crippen molar-refractivity contribution in [3.8, 4) is 0 Å². The maximum atomic E-state index is 13.1. The number of hydrogen-bond donors (Lipinski definition) is 0. The van der Waals surface area contributed by atoms with Crippen LogP contribution in [0, 0.1) is 5.92 Å². The molecule has 2 spiro atoms. The Labute approximate surface area is 163 Å². The lowest BCUT2D eigenvalue weighted by atomic mass is 9.90. The number of benzene rings is 1. The highest BCUT2D eigenvalue weighted by Gasteiger charge is 2.56. The van der Waals surface area contributed by atoms with E-state index in [9.17, 15) is 4.79 Å². The first-order chi connectivity index (χ1) is 13.0. The molecule has 1 atom stereocenters. The second kappa shape index (κ2) is 7.56. The molecule has 1 aromatic rings. The largest absolute Gasteiger partial charge is 0.365 e. The number of rotatable bonds is 4. The molecule has 4 nitrogen and oxygen atoms in total. The van der Waals surface area contributed by atoms with E-state index < -0.39 is 0 Å². The predicted octanol–water partition coefficient (Wildman–Crippen LogP) is 3.96. The third kappa shape index (κ3) is 4.38. The monoisotopic (exact) mass is 370 g/mol. The first kappa shape index (κ1) is 18.9. The zero-order chi connectivity index (χ0) is 18.9. The van der Waals surface area contributed by atoms with Crippen LogP contribution in [-0.4, -0.2) is 59.6 Å². The molecule has 1 aromatic carbocycles. The van der Waals surface area contributed by atoms with Gasteiger partial charge in [-0.1, -0.05) is 32.0 Å². The number of hydrogen-bond acceptors (Lipinski definition) is 3. The Kier molecular flexibility index (Phi) is 5.30. The van der Waals surface area contributed by atoms with E-state index >= 15 is 0 Å². The number of morpholine rings is 1. The number of carbonyl (C=O) groups excluding carboxylic acids is 1. The summed E-state index contributed by atoms with van der Waals surface area (Å²) >= 11 is 0. The zero-order valence-electron chi connectivity index (χ0n) is 17.0. The molecule has 2 heterocycles. The van der Waals surface area contributed by atoms with Crippen molar-refractivity contribution in [1.82, 2.24) is 9.80 Å². The van der Waals surface area contributed by atoms with Crippen molar-refractivity contribution < 1.29 is 9.53 Å². The molecular weight excluding hydrogens is 336 g/mol. The van der Waals surface area contributed by atoms with E-state index in [0.29, 0.717) is 0 Å². The van der Waals surface area contributed by atoms with Crippen LogP contribution in [0.1, 0.15) is 62.7 Å². The van der Waals surface area contributed by atoms with Gasteiger partial charge in [-0.2, -0.15) is 0 Å². The maximum Gasteiger partial charge on any atom is 0.254 e. The van der Waals surface area contributed by atoms with E-state index in [-0.39, 0.29) is 17.1 Å². The van der Waals surface area contributed by atoms with Crippen molar-refractivity contribution in [1.29, 1.82) is 0 Å². The van der Waals surface area contributed by atoms with Crippen LogP contribution in [0.25, 0.3) is 0 Å². The van der Waals surface area contributed by atoms with E-state index in [1.54, 1.807) is 0 Å². The molecule has 4 rings (SSSR count). The van der Waals surface area contributed by atoms with Gasteiger partial charge in [0.15, 0.2) is 0 Å². The van der Waals surface area contributed by atoms with Gasteiger partial charge in [-0.3, -0.25) is 4.79 Å². The molecule has 3 fully saturated rings. The first-order valence-corrected chi connectivity index (χ1v) is 10.8. The minimum Gasteiger partial charge on any atom is -0.365 e. The van der Waals surface area contributed by atoms with Gasteiger partial charge in [0.1, 0.15) is 0 Å². The predicted molar refractivity (Wildman–Crippen MR) is 108 cm³/mol. The van der Waals surface area contributed by atoms with E-state index in [1.165, 1.54) is 19.4 Å². The van der Waals surface area contributed by atoms with Crippen molar-refractivity contribution >= 4 is 5.91 Å². The third-order valence-corrected chi connectivity index (χ3v) is 6.52. The molecule has 148 valence electrons. The average molecular weight is 371 g/mol. The van der Waals surface area contributed by atoms with Crippen LogP contribution in [0.4, 0.5) is 0 Å². The van der Waals surface area contributed by atoms with E-state index in [1.807, 2.05) is 30.3 Å². The Morgan fingerprint density at radius 2 is 1.74 bits per heavy atom. The molecule has 1 aliphatic carbocycles. The quantitative estimate of drug-likeness (QED) is 0.804. The van der Waals surface area contributed by atoms with Crippen LogP contribution in [0.15, 0.2) is 30.3 Å². The molecule has 1 saturated carbocycles. The van der Waals surface area contributed by atoms with Crippen molar-refractivity contribution in [3.63, 3.8) is 0 Å². The van der Waals surface area contributed by atoms with Gasteiger partial charge in [0.05, 0.1) is 24.3 Å². The smallest absolute Gasteiger partial charge is 0.254 e. The van der Waals surface area contributed by atoms with Crippen LogP contribution in [0.2, 0.25) is 0 Å². The second-order valence-corrected chi connectivity index (χ2v) is 9.37. The average Bonchev–Trinajstić information content (AvgIpc) is 3.43. The SMILES string of the molecule is CC(C)CCN1CCC[C@]2(CC1)CN(C(=O)c1ccccc1)CC1(CC1)O2. The lowest BCUT2D eigenvalue weighted by molar-refractivity contribution is -0.165. The molecule has 2 aliphatic heterocycles. The summed E-state index contributed by atoms with van der Waals surface area (Å²) in [5.74, 6) is 0.923. The fourth-order valence-electron chi connectivity index (χ4n) is 4.73. The molecule has 0 unspecified atom stereocenters. The second-order valence-electron chi connectivity index (χ2n) is 9.37. The van der Waals surface area contributed by atoms with E-state index in [0.717, 1.165) is 63.3 Å². The van der Waals surface area contributed by atoms with Crippen LogP contribution in [0.5, 0.6) is 0 Å². The molecule has 4 heteroatoms. The Morgan fingerprint density at radius 1 is 1.04 bits per heavy atom. The fourth-order valence-corrected chi connectivity index (χ4v) is 4.73. The van der Waals surface area contributed by atoms with Gasteiger partial charge in [-0.15, -0.1) is 0 Å². The highest BCUT2D eigenvalue weighted by atomic mass is 16.5. The Hall–Kier alpha value is -1.39. The molecule has 1 amide bonds. The minimum absolute atomic E-state index is 0.0597. The van der Waals surface area contributed by atoms with Crippen LogP contribution >= 0.6 is 0 Å². The molecule has 2 saturated heterocycles. The summed E-state index contributed by atoms with van der Waals surface area (Å²) in [5.41, 5.74) is 0.596. The number of likely N-dealkylation sites (tertiary alicyclic amines) is 1. The summed E-state index contributed by atoms with van der Waals surface area (Å²) in [5, 5.41) is 0. The zero-order valence-corrected chi connectivity index (χ0v) is 17.0. The van der Waals surface area contributed by atoms with Gasteiger partial charge in [-0.05, 0) is 69.7 Å². The Morgan fingerprint density at radius 3 is 2.41 bits per heavy atom. The summed E-state index contributed by atoms with van der Waals surface area (Å²) in [6.07, 6.45) is 6.75. The lowest BCUT2D eigenvalue weighted by Gasteiger charge is -2.47. The van der Waals surface area contributed by atoms with Crippen molar-refractivity contribution in [2.24, 2.45) is 5.92 Å². The highest BCUT2D eigenvalue weighted by Crippen LogP contribution is 2.49. The van der Waals surface area contributed by atoms with Crippen LogP contribution in [-0.2, 0) is 4.74 Å². The van der Waals surface area contributed by atoms with Gasteiger partial charge in [0, 0.05) is 12.1 Å². The summed E-state index contributed by atoms with van der Waals surface area (Å²) in [6.45, 7) is 9.56. The van der Waals surface area contributed by atoms with Gasteiger partial charge < -0.3 is 14.5 Å². The number of amides is 1. The normalized spacial score (nSPS) is 27.9. The topological polar surface area (TPSA) is 32.8 Å². The summed E-state index contributed by atoms with van der Waals surface area (Å²) in [4.78, 5) is 17.8. The number of nitrogens with zero attached hydrogens (tertiary/aromatic N) is 2. The minimum atomic E-state index is -0.147. The molecule has 3 aliphatic rings. The molecule has 0 N–H and O–H groups in total. The van der Waals surface area contributed by atoms with Gasteiger partial charge in [-0.25, -0.2) is 0 Å². The Balaban J connectivity index is 1.46. The van der Waals surface area contributed by atoms with E-state index in [2.05, 4.69) is 23.6 Å². The first-order valence-electron chi connectivity index (χ1n) is 10.8. The molecule has 0 bridgehead atoms. The molecule has 0 radical (unpaired) electrons. The fraction of sp³-hybridized carbons (Fsp3) is 0.696. The molecule has 0 aromatic heterocycles. The van der Waals surface area contributed by atoms with Crippen molar-refractivity contribution in [3.05, 3.63) is 35.9 Å². The highest BCUT2D eigenvalue weighted by molar-refractivity contribution is 5.94. The van der Waals surface area contributed by atoms with Gasteiger partial charge >= 0.3 is 0 Å². The Bertz CT molecular complexity index is 656. The van der Waals surface area contributed by atoms with Crippen LogP contribution in [0.3, 0.4) is 0 Å².